The summed E-state index contributed by atoms with van der Waals surface area (Å²) in [6.07, 6.45) is -3.45. The molecule has 8 nitrogen and oxygen atoms in total. The zero-order valence-corrected chi connectivity index (χ0v) is 20.8. The van der Waals surface area contributed by atoms with Crippen LogP contribution in [0.4, 0.5) is 13.2 Å². The average molecular weight is 535 g/mol. The number of halogens is 3. The van der Waals surface area contributed by atoms with Crippen LogP contribution >= 0.6 is 0 Å². The van der Waals surface area contributed by atoms with Crippen LogP contribution in [0.15, 0.2) is 53.4 Å². The quantitative estimate of drug-likeness (QED) is 0.567. The van der Waals surface area contributed by atoms with Gasteiger partial charge in [0.05, 0.1) is 22.4 Å². The second-order valence-corrected chi connectivity index (χ2v) is 11.2. The highest BCUT2D eigenvalue weighted by atomic mass is 32.2. The molecule has 0 aromatic heterocycles. The van der Waals surface area contributed by atoms with E-state index < -0.39 is 33.7 Å². The maximum absolute atomic E-state index is 13.3. The second-order valence-electron chi connectivity index (χ2n) is 9.22. The van der Waals surface area contributed by atoms with Crippen LogP contribution in [-0.4, -0.2) is 67.1 Å². The average Bonchev–Trinajstić information content (AvgIpc) is 3.32. The lowest BCUT2D eigenvalue weighted by atomic mass is 10.1. The van der Waals surface area contributed by atoms with Crippen LogP contribution in [0, 0.1) is 17.2 Å². The molecule has 2 aromatic carbocycles. The van der Waals surface area contributed by atoms with E-state index in [-0.39, 0.29) is 41.9 Å². The third kappa shape index (κ3) is 5.47. The lowest BCUT2D eigenvalue weighted by molar-refractivity contribution is -0.137. The van der Waals surface area contributed by atoms with Crippen LogP contribution in [-0.2, 0) is 27.5 Å². The van der Waals surface area contributed by atoms with Crippen LogP contribution < -0.4 is 0 Å². The lowest BCUT2D eigenvalue weighted by Gasteiger charge is -2.34. The molecule has 2 aromatic rings. The van der Waals surface area contributed by atoms with Crippen LogP contribution in [0.2, 0.25) is 0 Å². The molecular formula is C25H25F3N4O4S. The smallest absolute Gasteiger partial charge is 0.340 e. The number of sulfonamides is 1. The third-order valence-corrected chi connectivity index (χ3v) is 8.45. The molecular weight excluding hydrogens is 509 g/mol. The first-order valence-corrected chi connectivity index (χ1v) is 13.1. The van der Waals surface area contributed by atoms with Crippen molar-refractivity contribution in [3.8, 4) is 6.07 Å². The van der Waals surface area contributed by atoms with Crippen molar-refractivity contribution in [2.75, 3.05) is 26.7 Å². The van der Waals surface area contributed by atoms with E-state index in [1.165, 1.54) is 57.6 Å². The molecule has 4 rings (SSSR count). The van der Waals surface area contributed by atoms with Gasteiger partial charge in [-0.05, 0) is 48.7 Å². The van der Waals surface area contributed by atoms with Crippen molar-refractivity contribution in [2.24, 2.45) is 5.92 Å². The maximum atomic E-state index is 13.3. The van der Waals surface area contributed by atoms with Crippen molar-refractivity contribution in [2.45, 2.75) is 36.5 Å². The third-order valence-electron chi connectivity index (χ3n) is 6.63. The van der Waals surface area contributed by atoms with Gasteiger partial charge < -0.3 is 9.80 Å². The number of carbonyl (C=O) groups is 2. The van der Waals surface area contributed by atoms with Crippen molar-refractivity contribution < 1.29 is 31.2 Å². The summed E-state index contributed by atoms with van der Waals surface area (Å²) in [7, 11) is -2.33. The molecule has 0 aliphatic carbocycles. The molecule has 1 atom stereocenters. The highest BCUT2D eigenvalue weighted by Gasteiger charge is 2.39. The maximum Gasteiger partial charge on any atom is 0.416 e. The van der Waals surface area contributed by atoms with Crippen molar-refractivity contribution in [3.05, 3.63) is 65.2 Å². The Morgan fingerprint density at radius 3 is 2.43 bits per heavy atom. The van der Waals surface area contributed by atoms with Crippen molar-refractivity contribution >= 4 is 21.8 Å². The molecule has 0 bridgehead atoms. The molecule has 0 N–H and O–H groups in total. The minimum absolute atomic E-state index is 0.0590. The first-order valence-electron chi connectivity index (χ1n) is 11.6. The van der Waals surface area contributed by atoms with E-state index in [0.29, 0.717) is 24.9 Å². The number of rotatable bonds is 6. The van der Waals surface area contributed by atoms with Gasteiger partial charge in [0.2, 0.25) is 15.9 Å². The zero-order valence-electron chi connectivity index (χ0n) is 20.0. The van der Waals surface area contributed by atoms with E-state index in [0.717, 1.165) is 12.1 Å². The van der Waals surface area contributed by atoms with E-state index in [1.807, 2.05) is 6.07 Å². The van der Waals surface area contributed by atoms with Gasteiger partial charge in [-0.25, -0.2) is 8.42 Å². The van der Waals surface area contributed by atoms with E-state index in [1.54, 1.807) is 0 Å². The normalized spacial score (nSPS) is 18.8. The van der Waals surface area contributed by atoms with E-state index in [2.05, 4.69) is 0 Å². The Hall–Kier alpha value is -3.43. The summed E-state index contributed by atoms with van der Waals surface area (Å²) in [6, 6.07) is 11.4. The van der Waals surface area contributed by atoms with Crippen LogP contribution in [0.5, 0.6) is 0 Å². The van der Waals surface area contributed by atoms with Crippen molar-refractivity contribution in [1.29, 1.82) is 5.26 Å². The van der Waals surface area contributed by atoms with Gasteiger partial charge in [-0.2, -0.15) is 22.7 Å². The lowest BCUT2D eigenvalue weighted by Crippen LogP contribution is -2.49. The summed E-state index contributed by atoms with van der Waals surface area (Å²) in [4.78, 5) is 29.2. The number of hydrogen-bond donors (Lipinski definition) is 0. The fourth-order valence-electron chi connectivity index (χ4n) is 4.49. The number of nitriles is 1. The van der Waals surface area contributed by atoms with Gasteiger partial charge in [-0.1, -0.05) is 18.2 Å². The second kappa shape index (κ2) is 10.1. The standard InChI is InChI=1S/C25H25F3N4O4S/c1-30(14-17-7-9-20(10-8-17)25(26,27)28)24(34)22-6-3-11-32(22)23(33)19-4-2-5-21(12-19)37(35,36)31-15-18(13-29)16-31/h2,4-5,7-10,12,18,22H,3,6,11,14-16H2,1H3/t22-/m1/s1. The first-order chi connectivity index (χ1) is 17.4. The summed E-state index contributed by atoms with van der Waals surface area (Å²) in [5.41, 5.74) is -0.133. The van der Waals surface area contributed by atoms with Gasteiger partial charge in [0, 0.05) is 38.8 Å². The summed E-state index contributed by atoms with van der Waals surface area (Å²) in [5.74, 6) is -1.18. The Morgan fingerprint density at radius 1 is 1.14 bits per heavy atom. The van der Waals surface area contributed by atoms with Crippen LogP contribution in [0.3, 0.4) is 0 Å². The van der Waals surface area contributed by atoms with Crippen LogP contribution in [0.1, 0.15) is 34.3 Å². The van der Waals surface area contributed by atoms with Gasteiger partial charge >= 0.3 is 6.18 Å². The fourth-order valence-corrected chi connectivity index (χ4v) is 6.07. The number of likely N-dealkylation sites (tertiary alicyclic amines) is 1. The Morgan fingerprint density at radius 2 is 1.81 bits per heavy atom. The molecule has 0 spiro atoms. The Labute approximate surface area is 212 Å². The predicted molar refractivity (Wildman–Crippen MR) is 126 cm³/mol. The van der Waals surface area contributed by atoms with Crippen molar-refractivity contribution in [1.82, 2.24) is 14.1 Å². The largest absolute Gasteiger partial charge is 0.416 e. The molecule has 0 radical (unpaired) electrons. The number of carbonyl (C=O) groups excluding carboxylic acids is 2. The summed E-state index contributed by atoms with van der Waals surface area (Å²) < 4.78 is 65.3. The Balaban J connectivity index is 1.45. The van der Waals surface area contributed by atoms with E-state index in [9.17, 15) is 31.2 Å². The Bertz CT molecular complexity index is 1330. The number of hydrogen-bond acceptors (Lipinski definition) is 5. The zero-order chi connectivity index (χ0) is 27.0. The molecule has 2 aliphatic heterocycles. The summed E-state index contributed by atoms with van der Waals surface area (Å²) >= 11 is 0. The molecule has 2 aliphatic rings. The van der Waals surface area contributed by atoms with E-state index in [4.69, 9.17) is 5.26 Å². The number of benzene rings is 2. The molecule has 0 unspecified atom stereocenters. The first kappa shape index (κ1) is 26.6. The minimum atomic E-state index is -4.45. The number of amides is 2. The highest BCUT2D eigenvalue weighted by molar-refractivity contribution is 7.89. The Kier molecular flexibility index (Phi) is 7.30. The molecule has 196 valence electrons. The number of nitrogens with zero attached hydrogens (tertiary/aromatic N) is 4. The van der Waals surface area contributed by atoms with Crippen molar-refractivity contribution in [3.63, 3.8) is 0 Å². The van der Waals surface area contributed by atoms with Gasteiger partial charge in [0.25, 0.3) is 5.91 Å². The number of likely N-dealkylation sites (N-methyl/N-ethyl adjacent to an activating group) is 1. The van der Waals surface area contributed by atoms with Gasteiger partial charge in [0.1, 0.15) is 6.04 Å². The minimum Gasteiger partial charge on any atom is -0.340 e. The molecule has 2 saturated heterocycles. The molecule has 37 heavy (non-hydrogen) atoms. The molecule has 12 heteroatoms. The van der Waals surface area contributed by atoms with Gasteiger partial charge in [0.15, 0.2) is 0 Å². The highest BCUT2D eigenvalue weighted by Crippen LogP contribution is 2.30. The molecule has 0 saturated carbocycles. The summed E-state index contributed by atoms with van der Waals surface area (Å²) in [5, 5.41) is 8.92. The molecule has 2 amide bonds. The van der Waals surface area contributed by atoms with Gasteiger partial charge in [-0.15, -0.1) is 0 Å². The summed E-state index contributed by atoms with van der Waals surface area (Å²) in [6.45, 7) is 0.592. The monoisotopic (exact) mass is 534 g/mol. The van der Waals surface area contributed by atoms with Crippen LogP contribution in [0.25, 0.3) is 0 Å². The SMILES string of the molecule is CN(Cc1ccc(C(F)(F)F)cc1)C(=O)[C@H]1CCCN1C(=O)c1cccc(S(=O)(=O)N2CC(C#N)C2)c1. The number of alkyl halides is 3. The van der Waals surface area contributed by atoms with Gasteiger partial charge in [-0.3, -0.25) is 9.59 Å². The molecule has 2 heterocycles. The van der Waals surface area contributed by atoms with E-state index >= 15 is 0 Å². The molecule has 2 fully saturated rings. The fraction of sp³-hybridized carbons (Fsp3) is 0.400. The predicted octanol–water partition coefficient (Wildman–Crippen LogP) is 3.11. The topological polar surface area (TPSA) is 102 Å².